The predicted molar refractivity (Wildman–Crippen MR) is 143 cm³/mol. The maximum absolute atomic E-state index is 12.3. The van der Waals surface area contributed by atoms with Crippen molar-refractivity contribution in [2.75, 3.05) is 49.6 Å². The molecule has 188 valence electrons. The summed E-state index contributed by atoms with van der Waals surface area (Å²) in [5.41, 5.74) is 5.74. The van der Waals surface area contributed by atoms with E-state index in [0.29, 0.717) is 19.6 Å². The highest BCUT2D eigenvalue weighted by molar-refractivity contribution is 5.79. The third-order valence-electron chi connectivity index (χ3n) is 6.99. The van der Waals surface area contributed by atoms with Gasteiger partial charge in [0.1, 0.15) is 5.75 Å². The van der Waals surface area contributed by atoms with Crippen LogP contribution in [0, 0.1) is 0 Å². The second kappa shape index (κ2) is 11.4. The zero-order valence-corrected chi connectivity index (χ0v) is 21.0. The first-order valence-electron chi connectivity index (χ1n) is 12.8. The molecule has 2 aliphatic heterocycles. The Balaban J connectivity index is 1.38. The third kappa shape index (κ3) is 5.97. The van der Waals surface area contributed by atoms with Gasteiger partial charge in [-0.2, -0.15) is 0 Å². The van der Waals surface area contributed by atoms with Gasteiger partial charge < -0.3 is 24.8 Å². The molecule has 7 nitrogen and oxygen atoms in total. The lowest BCUT2D eigenvalue weighted by Gasteiger charge is -2.28. The third-order valence-corrected chi connectivity index (χ3v) is 6.99. The van der Waals surface area contributed by atoms with Crippen molar-refractivity contribution in [2.24, 2.45) is 0 Å². The van der Waals surface area contributed by atoms with E-state index < -0.39 is 0 Å². The van der Waals surface area contributed by atoms with Gasteiger partial charge in [-0.15, -0.1) is 0 Å². The van der Waals surface area contributed by atoms with Crippen LogP contribution >= 0.6 is 0 Å². The SMILES string of the molecule is COc1cccc(CN(Cc2ccc(N3CCCC3)cc2)c2ccnc(CN3CCNCC3=O)c2)c1. The molecule has 2 aliphatic rings. The van der Waals surface area contributed by atoms with E-state index in [0.717, 1.165) is 49.9 Å². The monoisotopic (exact) mass is 485 g/mol. The van der Waals surface area contributed by atoms with Gasteiger partial charge in [-0.3, -0.25) is 9.78 Å². The molecule has 0 spiro atoms. The lowest BCUT2D eigenvalue weighted by atomic mass is 10.1. The van der Waals surface area contributed by atoms with Gasteiger partial charge in [0.05, 0.1) is 25.9 Å². The molecule has 0 radical (unpaired) electrons. The normalized spacial score (nSPS) is 15.9. The summed E-state index contributed by atoms with van der Waals surface area (Å²) in [5.74, 6) is 0.981. The molecule has 3 aromatic rings. The Kier molecular flexibility index (Phi) is 7.67. The van der Waals surface area contributed by atoms with E-state index in [2.05, 4.69) is 68.6 Å². The van der Waals surface area contributed by atoms with Crippen LogP contribution in [0.2, 0.25) is 0 Å². The quantitative estimate of drug-likeness (QED) is 0.497. The number of hydrogen-bond donors (Lipinski definition) is 1. The first-order chi connectivity index (χ1) is 17.7. The lowest BCUT2D eigenvalue weighted by Crippen LogP contribution is -2.47. The van der Waals surface area contributed by atoms with Gasteiger partial charge in [-0.1, -0.05) is 24.3 Å². The van der Waals surface area contributed by atoms with Gasteiger partial charge in [-0.25, -0.2) is 0 Å². The molecule has 1 N–H and O–H groups in total. The average Bonchev–Trinajstić information content (AvgIpc) is 3.46. The first-order valence-corrected chi connectivity index (χ1v) is 12.8. The predicted octanol–water partition coefficient (Wildman–Crippen LogP) is 3.83. The Hall–Kier alpha value is -3.58. The number of benzene rings is 2. The minimum Gasteiger partial charge on any atom is -0.497 e. The van der Waals surface area contributed by atoms with Crippen LogP contribution in [0.25, 0.3) is 0 Å². The van der Waals surface area contributed by atoms with Crippen molar-refractivity contribution in [1.29, 1.82) is 0 Å². The number of amides is 1. The Morgan fingerprint density at radius 2 is 1.78 bits per heavy atom. The van der Waals surface area contributed by atoms with Crippen molar-refractivity contribution in [2.45, 2.75) is 32.5 Å². The zero-order valence-electron chi connectivity index (χ0n) is 21.0. The van der Waals surface area contributed by atoms with Crippen molar-refractivity contribution in [3.63, 3.8) is 0 Å². The Bertz CT molecular complexity index is 1160. The molecule has 0 aliphatic carbocycles. The maximum atomic E-state index is 12.3. The van der Waals surface area contributed by atoms with Crippen LogP contribution in [-0.4, -0.2) is 55.6 Å². The van der Waals surface area contributed by atoms with E-state index >= 15 is 0 Å². The van der Waals surface area contributed by atoms with Gasteiger partial charge in [-0.05, 0) is 60.4 Å². The number of anilines is 2. The minimum atomic E-state index is 0.125. The van der Waals surface area contributed by atoms with Crippen molar-refractivity contribution in [1.82, 2.24) is 15.2 Å². The molecule has 0 unspecified atom stereocenters. The van der Waals surface area contributed by atoms with Gasteiger partial charge in [0.25, 0.3) is 0 Å². The van der Waals surface area contributed by atoms with Gasteiger partial charge in [0.15, 0.2) is 0 Å². The van der Waals surface area contributed by atoms with Crippen molar-refractivity contribution < 1.29 is 9.53 Å². The number of piperazine rings is 1. The number of hydrogen-bond acceptors (Lipinski definition) is 6. The molecule has 0 saturated carbocycles. The number of rotatable bonds is 9. The molecule has 1 amide bonds. The number of aromatic nitrogens is 1. The lowest BCUT2D eigenvalue weighted by molar-refractivity contribution is -0.132. The van der Waals surface area contributed by atoms with Crippen LogP contribution in [-0.2, 0) is 24.4 Å². The van der Waals surface area contributed by atoms with Crippen LogP contribution in [0.4, 0.5) is 11.4 Å². The van der Waals surface area contributed by atoms with Crippen molar-refractivity contribution in [3.8, 4) is 5.75 Å². The number of nitrogens with zero attached hydrogens (tertiary/aromatic N) is 4. The fourth-order valence-corrected chi connectivity index (χ4v) is 4.99. The average molecular weight is 486 g/mol. The molecule has 7 heteroatoms. The fourth-order valence-electron chi connectivity index (χ4n) is 4.99. The van der Waals surface area contributed by atoms with Crippen molar-refractivity contribution in [3.05, 3.63) is 83.7 Å². The van der Waals surface area contributed by atoms with Crippen LogP contribution in [0.15, 0.2) is 66.9 Å². The summed E-state index contributed by atoms with van der Waals surface area (Å²) >= 11 is 0. The number of pyridine rings is 1. The highest BCUT2D eigenvalue weighted by Gasteiger charge is 2.19. The van der Waals surface area contributed by atoms with E-state index in [1.807, 2.05) is 23.2 Å². The summed E-state index contributed by atoms with van der Waals surface area (Å²) in [5, 5.41) is 3.13. The molecule has 1 aromatic heterocycles. The molecule has 2 aromatic carbocycles. The standard InChI is InChI=1S/C29H35N5O2/c1-36-28-6-4-5-24(17-28)21-34(20-23-7-9-26(10-8-23)32-14-2-3-15-32)27-11-12-31-25(18-27)22-33-16-13-30-19-29(33)35/h4-12,17-18,30H,2-3,13-16,19-22H2,1H3. The number of nitrogens with one attached hydrogen (secondary N) is 1. The van der Waals surface area contributed by atoms with E-state index in [4.69, 9.17) is 4.74 Å². The molecule has 0 bridgehead atoms. The van der Waals surface area contributed by atoms with Gasteiger partial charge >= 0.3 is 0 Å². The Morgan fingerprint density at radius 1 is 0.972 bits per heavy atom. The molecule has 36 heavy (non-hydrogen) atoms. The van der Waals surface area contributed by atoms with Crippen LogP contribution in [0.1, 0.15) is 29.7 Å². The van der Waals surface area contributed by atoms with E-state index in [1.54, 1.807) is 7.11 Å². The summed E-state index contributed by atoms with van der Waals surface area (Å²) in [6, 6.07) is 21.4. The van der Waals surface area contributed by atoms with Crippen LogP contribution < -0.4 is 19.9 Å². The molecule has 0 atom stereocenters. The van der Waals surface area contributed by atoms with E-state index in [-0.39, 0.29) is 5.91 Å². The summed E-state index contributed by atoms with van der Waals surface area (Å²) < 4.78 is 5.46. The van der Waals surface area contributed by atoms with Crippen LogP contribution in [0.3, 0.4) is 0 Å². The van der Waals surface area contributed by atoms with Gasteiger partial charge in [0, 0.05) is 56.8 Å². The molecular formula is C29H35N5O2. The molecule has 5 rings (SSSR count). The highest BCUT2D eigenvalue weighted by Crippen LogP contribution is 2.25. The number of methoxy groups -OCH3 is 1. The minimum absolute atomic E-state index is 0.125. The Labute approximate surface area is 213 Å². The molecule has 2 saturated heterocycles. The largest absolute Gasteiger partial charge is 0.497 e. The summed E-state index contributed by atoms with van der Waals surface area (Å²) in [4.78, 5) is 23.6. The van der Waals surface area contributed by atoms with Gasteiger partial charge in [0.2, 0.25) is 5.91 Å². The maximum Gasteiger partial charge on any atom is 0.236 e. The number of carbonyl (C=O) groups is 1. The Morgan fingerprint density at radius 3 is 2.56 bits per heavy atom. The van der Waals surface area contributed by atoms with Crippen LogP contribution in [0.5, 0.6) is 5.75 Å². The molecule has 2 fully saturated rings. The summed E-state index contributed by atoms with van der Waals surface area (Å²) in [7, 11) is 1.70. The molecular weight excluding hydrogens is 450 g/mol. The number of ether oxygens (including phenoxy) is 1. The fraction of sp³-hybridized carbons (Fsp3) is 0.379. The summed E-state index contributed by atoms with van der Waals surface area (Å²) in [6.07, 6.45) is 4.41. The second-order valence-electron chi connectivity index (χ2n) is 9.57. The topological polar surface area (TPSA) is 60.9 Å². The number of carbonyl (C=O) groups excluding carboxylic acids is 1. The van der Waals surface area contributed by atoms with E-state index in [1.165, 1.54) is 29.7 Å². The van der Waals surface area contributed by atoms with Crippen molar-refractivity contribution >= 4 is 17.3 Å². The first kappa shape index (κ1) is 24.1. The zero-order chi connectivity index (χ0) is 24.7. The second-order valence-corrected chi connectivity index (χ2v) is 9.57. The molecule has 3 heterocycles. The smallest absolute Gasteiger partial charge is 0.236 e. The highest BCUT2D eigenvalue weighted by atomic mass is 16.5. The van der Waals surface area contributed by atoms with E-state index in [9.17, 15) is 4.79 Å². The summed E-state index contributed by atoms with van der Waals surface area (Å²) in [6.45, 7) is 6.27.